The van der Waals surface area contributed by atoms with Crippen LogP contribution in [0.15, 0.2) is 24.3 Å². The van der Waals surface area contributed by atoms with Gasteiger partial charge in [0.25, 0.3) is 0 Å². The summed E-state index contributed by atoms with van der Waals surface area (Å²) in [6.07, 6.45) is 1.30. The Bertz CT molecular complexity index is 1030. The zero-order chi connectivity index (χ0) is 22.9. The Morgan fingerprint density at radius 1 is 1.16 bits per heavy atom. The number of fused-ring (bicyclic) bond motifs is 1. The molecule has 2 N–H and O–H groups in total. The number of aliphatic hydroxyl groups is 1. The van der Waals surface area contributed by atoms with E-state index in [4.69, 9.17) is 21.1 Å². The van der Waals surface area contributed by atoms with E-state index in [-0.39, 0.29) is 37.0 Å². The Morgan fingerprint density at radius 3 is 2.59 bits per heavy atom. The van der Waals surface area contributed by atoms with E-state index >= 15 is 0 Å². The quantitative estimate of drug-likeness (QED) is 0.663. The Morgan fingerprint density at radius 2 is 1.91 bits per heavy atom. The Labute approximate surface area is 190 Å². The van der Waals surface area contributed by atoms with Crippen molar-refractivity contribution in [2.75, 3.05) is 36.5 Å². The molecule has 0 unspecified atom stereocenters. The van der Waals surface area contributed by atoms with Gasteiger partial charge >= 0.3 is 0 Å². The number of carbonyl (C=O) groups excluding carboxylic acids is 1. The SMILES string of the molecule is CCOc1cc(OCC2(O)CCN(c3ccc(Cl)cc3F)CC2)c2c(c1F)NC(=O)CC2. The molecule has 2 aliphatic heterocycles. The number of amides is 1. The molecule has 2 aliphatic rings. The maximum atomic E-state index is 14.7. The summed E-state index contributed by atoms with van der Waals surface area (Å²) in [7, 11) is 0. The van der Waals surface area contributed by atoms with Gasteiger partial charge in [-0.1, -0.05) is 11.6 Å². The van der Waals surface area contributed by atoms with Gasteiger partial charge in [-0.2, -0.15) is 0 Å². The lowest BCUT2D eigenvalue weighted by atomic mass is 9.92. The van der Waals surface area contributed by atoms with Crippen LogP contribution in [-0.4, -0.2) is 42.9 Å². The number of nitrogens with zero attached hydrogens (tertiary/aromatic N) is 1. The van der Waals surface area contributed by atoms with Crippen LogP contribution in [0.3, 0.4) is 0 Å². The maximum Gasteiger partial charge on any atom is 0.224 e. The van der Waals surface area contributed by atoms with Crippen molar-refractivity contribution in [1.82, 2.24) is 0 Å². The van der Waals surface area contributed by atoms with Gasteiger partial charge in [-0.25, -0.2) is 8.78 Å². The second-order valence-electron chi connectivity index (χ2n) is 8.12. The molecule has 0 radical (unpaired) electrons. The van der Waals surface area contributed by atoms with E-state index in [1.54, 1.807) is 19.1 Å². The minimum atomic E-state index is -1.12. The Kier molecular flexibility index (Phi) is 6.44. The van der Waals surface area contributed by atoms with Crippen molar-refractivity contribution < 1.29 is 28.2 Å². The first-order valence-corrected chi connectivity index (χ1v) is 11.0. The fourth-order valence-corrected chi connectivity index (χ4v) is 4.27. The van der Waals surface area contributed by atoms with Gasteiger partial charge in [0.2, 0.25) is 5.91 Å². The smallest absolute Gasteiger partial charge is 0.224 e. The van der Waals surface area contributed by atoms with Crippen LogP contribution in [0.2, 0.25) is 5.02 Å². The maximum absolute atomic E-state index is 14.7. The number of hydrogen-bond acceptors (Lipinski definition) is 5. The molecule has 1 saturated heterocycles. The standard InChI is InChI=1S/C23H25ClF2N2O4/c1-2-31-19-12-18(15-4-6-20(29)27-22(15)21(19)26)32-13-23(30)7-9-28(10-8-23)17-5-3-14(24)11-16(17)25/h3,5,11-12,30H,2,4,6-10,13H2,1H3,(H,27,29). The molecule has 6 nitrogen and oxygen atoms in total. The number of carbonyl (C=O) groups is 1. The molecule has 2 heterocycles. The second kappa shape index (κ2) is 9.11. The molecule has 0 bridgehead atoms. The summed E-state index contributed by atoms with van der Waals surface area (Å²) in [6, 6.07) is 6.01. The molecule has 172 valence electrons. The van der Waals surface area contributed by atoms with Gasteiger partial charge in [-0.15, -0.1) is 0 Å². The number of anilines is 2. The summed E-state index contributed by atoms with van der Waals surface area (Å²) in [5.74, 6) is -0.925. The van der Waals surface area contributed by atoms with Gasteiger partial charge in [0.05, 0.1) is 18.0 Å². The lowest BCUT2D eigenvalue weighted by Gasteiger charge is -2.39. The molecule has 9 heteroatoms. The number of benzene rings is 2. The first kappa shape index (κ1) is 22.6. The number of rotatable bonds is 6. The van der Waals surface area contributed by atoms with Crippen molar-refractivity contribution in [3.8, 4) is 11.5 Å². The van der Waals surface area contributed by atoms with Crippen LogP contribution in [0.5, 0.6) is 11.5 Å². The van der Waals surface area contributed by atoms with E-state index in [9.17, 15) is 18.7 Å². The predicted molar refractivity (Wildman–Crippen MR) is 118 cm³/mol. The normalized spacial score (nSPS) is 17.5. The van der Waals surface area contributed by atoms with Crippen LogP contribution in [0.4, 0.5) is 20.2 Å². The molecule has 1 amide bonds. The van der Waals surface area contributed by atoms with Crippen LogP contribution in [-0.2, 0) is 11.2 Å². The van der Waals surface area contributed by atoms with Gasteiger partial charge in [0.15, 0.2) is 11.6 Å². The first-order chi connectivity index (χ1) is 15.3. The second-order valence-corrected chi connectivity index (χ2v) is 8.55. The molecule has 4 rings (SSSR count). The van der Waals surface area contributed by atoms with Crippen LogP contribution in [0.25, 0.3) is 0 Å². The number of halogens is 3. The highest BCUT2D eigenvalue weighted by Crippen LogP contribution is 2.40. The van der Waals surface area contributed by atoms with Crippen LogP contribution in [0, 0.1) is 11.6 Å². The van der Waals surface area contributed by atoms with Gasteiger partial charge in [-0.3, -0.25) is 4.79 Å². The highest BCUT2D eigenvalue weighted by molar-refractivity contribution is 6.30. The number of hydrogen-bond donors (Lipinski definition) is 2. The highest BCUT2D eigenvalue weighted by Gasteiger charge is 2.35. The molecule has 0 aromatic heterocycles. The van der Waals surface area contributed by atoms with E-state index < -0.39 is 17.2 Å². The zero-order valence-corrected chi connectivity index (χ0v) is 18.5. The molecule has 2 aromatic rings. The van der Waals surface area contributed by atoms with Gasteiger partial charge in [0.1, 0.15) is 23.8 Å². The van der Waals surface area contributed by atoms with Crippen LogP contribution >= 0.6 is 11.6 Å². The summed E-state index contributed by atoms with van der Waals surface area (Å²) in [6.45, 7) is 2.87. The summed E-state index contributed by atoms with van der Waals surface area (Å²) >= 11 is 5.83. The molecule has 0 spiro atoms. The third-order valence-electron chi connectivity index (χ3n) is 5.90. The van der Waals surface area contributed by atoms with Crippen molar-refractivity contribution in [2.45, 2.75) is 38.2 Å². The van der Waals surface area contributed by atoms with E-state index in [0.717, 1.165) is 0 Å². The summed E-state index contributed by atoms with van der Waals surface area (Å²) < 4.78 is 40.3. The monoisotopic (exact) mass is 466 g/mol. The molecule has 0 aliphatic carbocycles. The number of nitrogens with one attached hydrogen (secondary N) is 1. The van der Waals surface area contributed by atoms with Gasteiger partial charge < -0.3 is 24.8 Å². The van der Waals surface area contributed by atoms with Crippen molar-refractivity contribution in [3.63, 3.8) is 0 Å². The van der Waals surface area contributed by atoms with Crippen LogP contribution < -0.4 is 19.7 Å². The van der Waals surface area contributed by atoms with Crippen LogP contribution in [0.1, 0.15) is 31.7 Å². The minimum Gasteiger partial charge on any atom is -0.491 e. The Hall–Kier alpha value is -2.58. The van der Waals surface area contributed by atoms with Crippen molar-refractivity contribution in [1.29, 1.82) is 0 Å². The topological polar surface area (TPSA) is 71.0 Å². The fraction of sp³-hybridized carbons (Fsp3) is 0.435. The molecule has 0 atom stereocenters. The third-order valence-corrected chi connectivity index (χ3v) is 6.14. The minimum absolute atomic E-state index is 0.0107. The average molecular weight is 467 g/mol. The Balaban J connectivity index is 1.47. The van der Waals surface area contributed by atoms with E-state index in [0.29, 0.717) is 54.4 Å². The molecular weight excluding hydrogens is 442 g/mol. The number of ether oxygens (including phenoxy) is 2. The predicted octanol–water partition coefficient (Wildman–Crippen LogP) is 4.31. The number of piperidine rings is 1. The van der Waals surface area contributed by atoms with Crippen molar-refractivity contribution >= 4 is 28.9 Å². The third kappa shape index (κ3) is 4.61. The highest BCUT2D eigenvalue weighted by atomic mass is 35.5. The largest absolute Gasteiger partial charge is 0.491 e. The van der Waals surface area contributed by atoms with E-state index in [1.165, 1.54) is 12.1 Å². The van der Waals surface area contributed by atoms with E-state index in [2.05, 4.69) is 5.32 Å². The average Bonchev–Trinajstić information content (AvgIpc) is 2.76. The molecular formula is C23H25ClF2N2O4. The summed E-state index contributed by atoms with van der Waals surface area (Å²) in [5.41, 5.74) is -0.0520. The van der Waals surface area contributed by atoms with Gasteiger partial charge in [0, 0.05) is 36.2 Å². The summed E-state index contributed by atoms with van der Waals surface area (Å²) in [5, 5.41) is 13.9. The fourth-order valence-electron chi connectivity index (χ4n) is 4.11. The first-order valence-electron chi connectivity index (χ1n) is 10.6. The van der Waals surface area contributed by atoms with Crippen molar-refractivity contribution in [2.24, 2.45) is 0 Å². The lowest BCUT2D eigenvalue weighted by Crippen LogP contribution is -2.48. The molecule has 2 aromatic carbocycles. The molecule has 0 saturated carbocycles. The van der Waals surface area contributed by atoms with E-state index in [1.807, 2.05) is 4.90 Å². The van der Waals surface area contributed by atoms with Crippen molar-refractivity contribution in [3.05, 3.63) is 46.5 Å². The zero-order valence-electron chi connectivity index (χ0n) is 17.7. The van der Waals surface area contributed by atoms with Gasteiger partial charge in [-0.05, 0) is 44.4 Å². The molecule has 32 heavy (non-hydrogen) atoms. The summed E-state index contributed by atoms with van der Waals surface area (Å²) in [4.78, 5) is 13.6. The lowest BCUT2D eigenvalue weighted by molar-refractivity contribution is -0.116. The molecule has 1 fully saturated rings.